The molecule has 0 unspecified atom stereocenters. The molecule has 138 valence electrons. The molecule has 0 atom stereocenters. The summed E-state index contributed by atoms with van der Waals surface area (Å²) in [5.74, 6) is -0.737. The summed E-state index contributed by atoms with van der Waals surface area (Å²) in [6, 6.07) is 11.2. The molecule has 2 aromatic carbocycles. The molecule has 0 radical (unpaired) electrons. The molecule has 0 saturated heterocycles. The molecule has 8 nitrogen and oxygen atoms in total. The lowest BCUT2D eigenvalue weighted by Gasteiger charge is -2.07. The Morgan fingerprint density at radius 2 is 1.42 bits per heavy atom. The smallest absolute Gasteiger partial charge is 0.238 e. The van der Waals surface area contributed by atoms with Gasteiger partial charge in [-0.15, -0.1) is 0 Å². The average Bonchev–Trinajstić information content (AvgIpc) is 2.54. The number of Topliss-reactive ketones (excluding diaryl/α,β-unsaturated/α-hetero) is 1. The minimum atomic E-state index is -4.10. The van der Waals surface area contributed by atoms with Gasteiger partial charge in [0.2, 0.25) is 24.9 Å². The average molecular weight is 395 g/mol. The van der Waals surface area contributed by atoms with Crippen molar-refractivity contribution in [3.8, 4) is 0 Å². The van der Waals surface area contributed by atoms with Crippen molar-refractivity contribution in [1.82, 2.24) is 0 Å². The standard InChI is InChI=1S/C16H17N3O5S2/c1-11-3-7-14(8-4-11)25(21,22)16(12(2)20)19-18-13-5-9-15(10-6-13)26(17,23)24/h3-10,18H,1-2H3,(H2,17,23,24). The van der Waals surface area contributed by atoms with Gasteiger partial charge in [-0.05, 0) is 43.3 Å². The Balaban J connectivity index is 2.35. The zero-order chi connectivity index (χ0) is 19.5. The predicted octanol–water partition coefficient (Wildman–Crippen LogP) is 1.43. The molecule has 0 aliphatic rings. The minimum absolute atomic E-state index is 0.0524. The molecule has 0 aromatic heterocycles. The number of primary sulfonamides is 1. The molecule has 0 saturated carbocycles. The second-order valence-corrected chi connectivity index (χ2v) is 8.90. The Labute approximate surface area is 151 Å². The maximum absolute atomic E-state index is 12.6. The van der Waals surface area contributed by atoms with Crippen LogP contribution in [0.4, 0.5) is 5.69 Å². The van der Waals surface area contributed by atoms with Crippen LogP contribution in [0.25, 0.3) is 0 Å². The lowest BCUT2D eigenvalue weighted by atomic mass is 10.2. The topological polar surface area (TPSA) is 136 Å². The molecule has 3 N–H and O–H groups in total. The van der Waals surface area contributed by atoms with Crippen LogP contribution in [0.5, 0.6) is 0 Å². The van der Waals surface area contributed by atoms with Crippen molar-refractivity contribution >= 4 is 36.4 Å². The van der Waals surface area contributed by atoms with Crippen LogP contribution in [-0.2, 0) is 24.7 Å². The SMILES string of the molecule is CC(=O)C(=NNc1ccc(S(N)(=O)=O)cc1)S(=O)(=O)c1ccc(C)cc1. The third-order valence-corrected chi connectivity index (χ3v) is 6.07. The van der Waals surface area contributed by atoms with E-state index in [4.69, 9.17) is 5.14 Å². The van der Waals surface area contributed by atoms with Gasteiger partial charge in [0.05, 0.1) is 15.5 Å². The molecular formula is C16H17N3O5S2. The largest absolute Gasteiger partial charge is 0.292 e. The Hall–Kier alpha value is -2.56. The van der Waals surface area contributed by atoms with Crippen LogP contribution in [-0.4, -0.2) is 27.7 Å². The fourth-order valence-electron chi connectivity index (χ4n) is 1.99. The van der Waals surface area contributed by atoms with Gasteiger partial charge in [-0.2, -0.15) is 5.10 Å². The lowest BCUT2D eigenvalue weighted by molar-refractivity contribution is -0.110. The second kappa shape index (κ2) is 7.36. The molecule has 0 spiro atoms. The Morgan fingerprint density at radius 3 is 1.88 bits per heavy atom. The Kier molecular flexibility index (Phi) is 5.59. The molecule has 0 aliphatic heterocycles. The van der Waals surface area contributed by atoms with E-state index in [0.717, 1.165) is 12.5 Å². The number of anilines is 1. The summed E-state index contributed by atoms with van der Waals surface area (Å²) in [7, 11) is -7.94. The summed E-state index contributed by atoms with van der Waals surface area (Å²) in [5.41, 5.74) is 3.61. The number of rotatable bonds is 5. The summed E-state index contributed by atoms with van der Waals surface area (Å²) in [6.07, 6.45) is 0. The molecule has 10 heteroatoms. The number of hydrazone groups is 1. The summed E-state index contributed by atoms with van der Waals surface area (Å²) in [5, 5.41) is 8.05. The minimum Gasteiger partial charge on any atom is -0.292 e. The molecule has 0 heterocycles. The first kappa shape index (κ1) is 19.8. The highest BCUT2D eigenvalue weighted by Gasteiger charge is 2.26. The van der Waals surface area contributed by atoms with Crippen LogP contribution in [0, 0.1) is 6.92 Å². The number of benzene rings is 2. The van der Waals surface area contributed by atoms with E-state index in [0.29, 0.717) is 0 Å². The van der Waals surface area contributed by atoms with E-state index < -0.39 is 30.7 Å². The monoisotopic (exact) mass is 395 g/mol. The Bertz CT molecular complexity index is 1060. The van der Waals surface area contributed by atoms with Crippen molar-refractivity contribution in [2.75, 3.05) is 5.43 Å². The zero-order valence-corrected chi connectivity index (χ0v) is 15.6. The number of hydrogen-bond donors (Lipinski definition) is 2. The van der Waals surface area contributed by atoms with Crippen LogP contribution in [0.15, 0.2) is 63.4 Å². The highest BCUT2D eigenvalue weighted by atomic mass is 32.2. The molecule has 2 rings (SSSR count). The van der Waals surface area contributed by atoms with Gasteiger partial charge in [0, 0.05) is 6.92 Å². The summed E-state index contributed by atoms with van der Waals surface area (Å²) >= 11 is 0. The van der Waals surface area contributed by atoms with Gasteiger partial charge in [-0.1, -0.05) is 17.7 Å². The van der Waals surface area contributed by atoms with Crippen molar-refractivity contribution in [1.29, 1.82) is 0 Å². The zero-order valence-electron chi connectivity index (χ0n) is 14.0. The molecule has 26 heavy (non-hydrogen) atoms. The van der Waals surface area contributed by atoms with Gasteiger partial charge in [0.1, 0.15) is 0 Å². The number of ketones is 1. The third-order valence-electron chi connectivity index (χ3n) is 3.36. The van der Waals surface area contributed by atoms with E-state index >= 15 is 0 Å². The van der Waals surface area contributed by atoms with Crippen LogP contribution >= 0.6 is 0 Å². The van der Waals surface area contributed by atoms with Crippen molar-refractivity contribution in [3.05, 3.63) is 54.1 Å². The number of carbonyl (C=O) groups is 1. The van der Waals surface area contributed by atoms with E-state index in [1.807, 2.05) is 6.92 Å². The highest BCUT2D eigenvalue weighted by molar-refractivity contribution is 8.08. The maximum Gasteiger partial charge on any atom is 0.238 e. The Morgan fingerprint density at radius 1 is 0.923 bits per heavy atom. The number of sulfonamides is 1. The van der Waals surface area contributed by atoms with Crippen LogP contribution in [0.1, 0.15) is 12.5 Å². The van der Waals surface area contributed by atoms with Crippen molar-refractivity contribution in [2.45, 2.75) is 23.6 Å². The summed E-state index contributed by atoms with van der Waals surface area (Å²) < 4.78 is 47.6. The van der Waals surface area contributed by atoms with Crippen LogP contribution in [0.3, 0.4) is 0 Å². The van der Waals surface area contributed by atoms with E-state index in [1.165, 1.54) is 36.4 Å². The number of hydrogen-bond acceptors (Lipinski definition) is 7. The summed E-state index contributed by atoms with van der Waals surface area (Å²) in [6.45, 7) is 2.90. The number of aryl methyl sites for hydroxylation is 1. The number of sulfone groups is 1. The number of nitrogens with one attached hydrogen (secondary N) is 1. The van der Waals surface area contributed by atoms with E-state index in [1.54, 1.807) is 12.1 Å². The van der Waals surface area contributed by atoms with Gasteiger partial charge < -0.3 is 0 Å². The first-order valence-electron chi connectivity index (χ1n) is 7.31. The first-order chi connectivity index (χ1) is 12.0. The van der Waals surface area contributed by atoms with Crippen molar-refractivity contribution in [2.24, 2.45) is 10.2 Å². The fraction of sp³-hybridized carbons (Fsp3) is 0.125. The second-order valence-electron chi connectivity index (χ2n) is 5.47. The normalized spacial score (nSPS) is 12.7. The van der Waals surface area contributed by atoms with E-state index in [9.17, 15) is 21.6 Å². The number of nitrogens with two attached hydrogens (primary N) is 1. The van der Waals surface area contributed by atoms with Gasteiger partial charge in [-0.3, -0.25) is 10.2 Å². The molecule has 0 aliphatic carbocycles. The van der Waals surface area contributed by atoms with Gasteiger partial charge >= 0.3 is 0 Å². The van der Waals surface area contributed by atoms with E-state index in [-0.39, 0.29) is 15.5 Å². The quantitative estimate of drug-likeness (QED) is 0.446. The predicted molar refractivity (Wildman–Crippen MR) is 97.9 cm³/mol. The number of nitrogens with zero attached hydrogens (tertiary/aromatic N) is 1. The molecule has 0 fully saturated rings. The van der Waals surface area contributed by atoms with Crippen LogP contribution in [0.2, 0.25) is 0 Å². The van der Waals surface area contributed by atoms with Crippen molar-refractivity contribution in [3.63, 3.8) is 0 Å². The number of carbonyl (C=O) groups excluding carboxylic acids is 1. The molecule has 2 aromatic rings. The third kappa shape index (κ3) is 4.54. The van der Waals surface area contributed by atoms with Gasteiger partial charge in [-0.25, -0.2) is 22.0 Å². The van der Waals surface area contributed by atoms with Crippen LogP contribution < -0.4 is 10.6 Å². The maximum atomic E-state index is 12.6. The summed E-state index contributed by atoms with van der Waals surface area (Å²) in [4.78, 5) is 11.6. The molecule has 0 bridgehead atoms. The lowest BCUT2D eigenvalue weighted by Crippen LogP contribution is -2.24. The van der Waals surface area contributed by atoms with Gasteiger partial charge in [0.15, 0.2) is 5.78 Å². The first-order valence-corrected chi connectivity index (χ1v) is 10.3. The highest BCUT2D eigenvalue weighted by Crippen LogP contribution is 2.16. The molecule has 0 amide bonds. The van der Waals surface area contributed by atoms with E-state index in [2.05, 4.69) is 10.5 Å². The van der Waals surface area contributed by atoms with Crippen molar-refractivity contribution < 1.29 is 21.6 Å². The molecular weight excluding hydrogens is 378 g/mol. The fourth-order valence-corrected chi connectivity index (χ4v) is 3.77. The van der Waals surface area contributed by atoms with Gasteiger partial charge in [0.25, 0.3) is 0 Å².